The zero-order valence-corrected chi connectivity index (χ0v) is 20.6. The van der Waals surface area contributed by atoms with Crippen LogP contribution >= 0.6 is 11.6 Å². The number of oxazole rings is 1. The maximum atomic E-state index is 13.6. The largest absolute Gasteiger partial charge is 0.446 e. The maximum Gasteiger partial charge on any atom is 0.294 e. The average Bonchev–Trinajstić information content (AvgIpc) is 3.49. The minimum Gasteiger partial charge on any atom is -0.446 e. The molecule has 1 aliphatic heterocycles. The van der Waals surface area contributed by atoms with Gasteiger partial charge < -0.3 is 19.6 Å². The number of carbonyl (C=O) groups excluding carboxylic acids is 3. The molecular formula is C25H26ClFN4O4. The van der Waals surface area contributed by atoms with Crippen LogP contribution in [0.1, 0.15) is 70.0 Å². The van der Waals surface area contributed by atoms with Crippen LogP contribution in [0.2, 0.25) is 5.02 Å². The number of ketones is 1. The third-order valence-corrected chi connectivity index (χ3v) is 6.40. The number of benzene rings is 1. The summed E-state index contributed by atoms with van der Waals surface area (Å²) in [5.74, 6) is -2.41. The van der Waals surface area contributed by atoms with Crippen molar-refractivity contribution >= 4 is 34.9 Å². The minimum absolute atomic E-state index is 0.0248. The van der Waals surface area contributed by atoms with Gasteiger partial charge in [0.15, 0.2) is 0 Å². The van der Waals surface area contributed by atoms with Gasteiger partial charge in [0.1, 0.15) is 23.8 Å². The number of anilines is 1. The molecule has 184 valence electrons. The van der Waals surface area contributed by atoms with Crippen molar-refractivity contribution in [3.8, 4) is 0 Å². The number of amides is 2. The molecule has 35 heavy (non-hydrogen) atoms. The molecule has 1 aliphatic rings. The Hall–Kier alpha value is -3.46. The molecule has 1 atom stereocenters. The van der Waals surface area contributed by atoms with E-state index in [-0.39, 0.29) is 28.0 Å². The summed E-state index contributed by atoms with van der Waals surface area (Å²) in [5.41, 5.74) is 2.14. The predicted octanol–water partition coefficient (Wildman–Crippen LogP) is 4.78. The number of halogens is 2. The highest BCUT2D eigenvalue weighted by molar-refractivity contribution is 6.48. The van der Waals surface area contributed by atoms with Gasteiger partial charge in [0, 0.05) is 17.9 Å². The van der Waals surface area contributed by atoms with Gasteiger partial charge in [-0.1, -0.05) is 25.4 Å². The summed E-state index contributed by atoms with van der Waals surface area (Å²) in [6, 6.07) is 3.60. The standard InChI is InChI=1S/C25H26ClFN4O4/c1-12(2)20(25-28-14(4)11-35-25)30-24(34)22(32)21-19(26)18(17-6-5-9-31(17)21)23(33)29-15-7-8-16(27)13(3)10-15/h7-8,10-12,20H,5-6,9H2,1-4H3,(H,29,33)(H,30,34)/t20-/m1/s1. The Morgan fingerprint density at radius 1 is 1.23 bits per heavy atom. The number of nitrogens with one attached hydrogen (secondary N) is 2. The Balaban J connectivity index is 1.62. The van der Waals surface area contributed by atoms with Crippen LogP contribution in [0.3, 0.4) is 0 Å². The highest BCUT2D eigenvalue weighted by Crippen LogP contribution is 2.34. The lowest BCUT2D eigenvalue weighted by Crippen LogP contribution is -2.37. The van der Waals surface area contributed by atoms with E-state index in [9.17, 15) is 18.8 Å². The summed E-state index contributed by atoms with van der Waals surface area (Å²) in [7, 11) is 0. The fourth-order valence-electron chi connectivity index (χ4n) is 4.26. The van der Waals surface area contributed by atoms with Crippen LogP contribution in [0.15, 0.2) is 28.9 Å². The molecular weight excluding hydrogens is 475 g/mol. The second kappa shape index (κ2) is 9.65. The van der Waals surface area contributed by atoms with Crippen LogP contribution in [-0.4, -0.2) is 27.1 Å². The van der Waals surface area contributed by atoms with Crippen LogP contribution in [0.5, 0.6) is 0 Å². The monoisotopic (exact) mass is 500 g/mol. The van der Waals surface area contributed by atoms with E-state index in [4.69, 9.17) is 16.0 Å². The highest BCUT2D eigenvalue weighted by atomic mass is 35.5. The van der Waals surface area contributed by atoms with Crippen molar-refractivity contribution in [3.05, 3.63) is 69.4 Å². The molecule has 0 radical (unpaired) electrons. The summed E-state index contributed by atoms with van der Waals surface area (Å²) in [4.78, 5) is 43.6. The van der Waals surface area contributed by atoms with Crippen LogP contribution < -0.4 is 10.6 Å². The summed E-state index contributed by atoms with van der Waals surface area (Å²) in [5, 5.41) is 5.33. The van der Waals surface area contributed by atoms with E-state index in [0.717, 1.165) is 0 Å². The summed E-state index contributed by atoms with van der Waals surface area (Å²) < 4.78 is 20.7. The number of hydrogen-bond donors (Lipinski definition) is 2. The van der Waals surface area contributed by atoms with Crippen molar-refractivity contribution in [2.24, 2.45) is 5.92 Å². The predicted molar refractivity (Wildman–Crippen MR) is 128 cm³/mol. The lowest BCUT2D eigenvalue weighted by Gasteiger charge is -2.19. The first-order valence-electron chi connectivity index (χ1n) is 11.3. The van der Waals surface area contributed by atoms with Crippen LogP contribution in [0.4, 0.5) is 10.1 Å². The Bertz CT molecular complexity index is 1330. The lowest BCUT2D eigenvalue weighted by molar-refractivity contribution is -0.118. The summed E-state index contributed by atoms with van der Waals surface area (Å²) >= 11 is 6.55. The van der Waals surface area contributed by atoms with Crippen LogP contribution in [0, 0.1) is 25.6 Å². The highest BCUT2D eigenvalue weighted by Gasteiger charge is 2.35. The van der Waals surface area contributed by atoms with Crippen molar-refractivity contribution in [1.82, 2.24) is 14.9 Å². The zero-order chi connectivity index (χ0) is 25.4. The third-order valence-electron chi connectivity index (χ3n) is 6.03. The molecule has 2 N–H and O–H groups in total. The number of aryl methyl sites for hydroxylation is 2. The molecule has 0 spiro atoms. The molecule has 0 unspecified atom stereocenters. The van der Waals surface area contributed by atoms with E-state index in [1.165, 1.54) is 24.5 Å². The molecule has 2 aromatic heterocycles. The topological polar surface area (TPSA) is 106 Å². The van der Waals surface area contributed by atoms with Gasteiger partial charge in [0.05, 0.1) is 16.3 Å². The fraction of sp³-hybridized carbons (Fsp3) is 0.360. The number of fused-ring (bicyclic) bond motifs is 1. The number of aromatic nitrogens is 2. The van der Waals surface area contributed by atoms with Crippen LogP contribution in [-0.2, 0) is 17.8 Å². The van der Waals surface area contributed by atoms with Gasteiger partial charge >= 0.3 is 0 Å². The van der Waals surface area contributed by atoms with Gasteiger partial charge in [-0.15, -0.1) is 0 Å². The molecule has 4 rings (SSSR count). The quantitative estimate of drug-likeness (QED) is 0.358. The van der Waals surface area contributed by atoms with Crippen molar-refractivity contribution < 1.29 is 23.2 Å². The number of hydrogen-bond acceptors (Lipinski definition) is 5. The second-order valence-corrected chi connectivity index (χ2v) is 9.39. The zero-order valence-electron chi connectivity index (χ0n) is 19.9. The fourth-order valence-corrected chi connectivity index (χ4v) is 4.64. The molecule has 10 heteroatoms. The van der Waals surface area contributed by atoms with E-state index in [1.807, 2.05) is 13.8 Å². The van der Waals surface area contributed by atoms with Crippen molar-refractivity contribution in [1.29, 1.82) is 0 Å². The molecule has 1 aromatic carbocycles. The molecule has 0 bridgehead atoms. The smallest absolute Gasteiger partial charge is 0.294 e. The van der Waals surface area contributed by atoms with Crippen LogP contribution in [0.25, 0.3) is 0 Å². The first-order chi connectivity index (χ1) is 16.6. The molecule has 3 heterocycles. The molecule has 3 aromatic rings. The minimum atomic E-state index is -0.866. The molecule has 0 saturated carbocycles. The maximum absolute atomic E-state index is 13.6. The number of carbonyl (C=O) groups is 3. The average molecular weight is 501 g/mol. The van der Waals surface area contributed by atoms with Crippen molar-refractivity contribution in [3.63, 3.8) is 0 Å². The third kappa shape index (κ3) is 4.73. The summed E-state index contributed by atoms with van der Waals surface area (Å²) in [6.07, 6.45) is 2.71. The van der Waals surface area contributed by atoms with Gasteiger partial charge in [0.2, 0.25) is 5.89 Å². The SMILES string of the molecule is Cc1coc([C@H](NC(=O)C(=O)c2c(Cl)c(C(=O)Nc3ccc(F)c(C)c3)c3n2CCC3)C(C)C)n1. The normalized spacial score (nSPS) is 13.6. The van der Waals surface area contributed by atoms with Gasteiger partial charge in [-0.05, 0) is 56.4 Å². The van der Waals surface area contributed by atoms with E-state index in [1.54, 1.807) is 18.4 Å². The van der Waals surface area contributed by atoms with Gasteiger partial charge in [-0.2, -0.15) is 0 Å². The lowest BCUT2D eigenvalue weighted by atomic mass is 10.0. The molecule has 0 fully saturated rings. The molecule has 2 amide bonds. The molecule has 0 saturated heterocycles. The molecule has 8 nitrogen and oxygen atoms in total. The number of Topliss-reactive ketones (excluding diaryl/α,β-unsaturated/α-hetero) is 1. The Morgan fingerprint density at radius 3 is 2.60 bits per heavy atom. The Kier molecular flexibility index (Phi) is 6.80. The van der Waals surface area contributed by atoms with E-state index >= 15 is 0 Å². The first-order valence-corrected chi connectivity index (χ1v) is 11.7. The Labute approximate surface area is 206 Å². The molecule has 0 aliphatic carbocycles. The number of rotatable bonds is 7. The summed E-state index contributed by atoms with van der Waals surface area (Å²) in [6.45, 7) is 7.56. The van der Waals surface area contributed by atoms with E-state index < -0.39 is 23.6 Å². The van der Waals surface area contributed by atoms with E-state index in [2.05, 4.69) is 15.6 Å². The van der Waals surface area contributed by atoms with Gasteiger partial charge in [-0.3, -0.25) is 14.4 Å². The van der Waals surface area contributed by atoms with Crippen molar-refractivity contribution in [2.45, 2.75) is 53.1 Å². The Morgan fingerprint density at radius 2 is 1.97 bits per heavy atom. The number of nitrogens with zero attached hydrogens (tertiary/aromatic N) is 2. The van der Waals surface area contributed by atoms with Gasteiger partial charge in [0.25, 0.3) is 17.6 Å². The van der Waals surface area contributed by atoms with Crippen molar-refractivity contribution in [2.75, 3.05) is 5.32 Å². The first kappa shape index (κ1) is 24.7. The van der Waals surface area contributed by atoms with Gasteiger partial charge in [-0.25, -0.2) is 9.37 Å². The van der Waals surface area contributed by atoms with E-state index in [0.29, 0.717) is 47.9 Å². The second-order valence-electron chi connectivity index (χ2n) is 9.01.